The van der Waals surface area contributed by atoms with Gasteiger partial charge in [-0.25, -0.2) is 0 Å². The quantitative estimate of drug-likeness (QED) is 0.478. The van der Waals surface area contributed by atoms with Crippen LogP contribution in [0.3, 0.4) is 0 Å². The largest absolute Gasteiger partial charge is 0.490 e. The lowest BCUT2D eigenvalue weighted by molar-refractivity contribution is 0.0953. The fraction of sp³-hybridized carbons (Fsp3) is 0.385. The minimum atomic E-state index is -0.274. The molecule has 0 spiro atoms. The lowest BCUT2D eigenvalue weighted by Gasteiger charge is -2.17. The van der Waals surface area contributed by atoms with Crippen molar-refractivity contribution >= 4 is 16.8 Å². The highest BCUT2D eigenvalue weighted by Crippen LogP contribution is 2.39. The van der Waals surface area contributed by atoms with Gasteiger partial charge in [-0.1, -0.05) is 12.1 Å². The highest BCUT2D eigenvalue weighted by atomic mass is 16.5. The maximum absolute atomic E-state index is 12.9. The van der Waals surface area contributed by atoms with E-state index in [0.717, 1.165) is 22.0 Å². The van der Waals surface area contributed by atoms with E-state index < -0.39 is 0 Å². The van der Waals surface area contributed by atoms with Gasteiger partial charge in [0, 0.05) is 23.1 Å². The Morgan fingerprint density at radius 2 is 1.52 bits per heavy atom. The van der Waals surface area contributed by atoms with Gasteiger partial charge in [0.25, 0.3) is 11.5 Å². The predicted octanol–water partition coefficient (Wildman–Crippen LogP) is 4.31. The number of fused-ring (bicyclic) bond motifs is 1. The average Bonchev–Trinajstić information content (AvgIpc) is 2.79. The summed E-state index contributed by atoms with van der Waals surface area (Å²) in [7, 11) is 0. The predicted molar refractivity (Wildman–Crippen MR) is 130 cm³/mol. The molecule has 0 saturated carbocycles. The third-order valence-corrected chi connectivity index (χ3v) is 5.37. The van der Waals surface area contributed by atoms with E-state index in [1.165, 1.54) is 0 Å². The molecule has 1 heterocycles. The van der Waals surface area contributed by atoms with Crippen LogP contribution in [0.1, 0.15) is 47.8 Å². The van der Waals surface area contributed by atoms with E-state index in [-0.39, 0.29) is 11.5 Å². The fourth-order valence-corrected chi connectivity index (χ4v) is 3.74. The fourth-order valence-electron chi connectivity index (χ4n) is 3.74. The minimum Gasteiger partial charge on any atom is -0.490 e. The van der Waals surface area contributed by atoms with Crippen LogP contribution in [-0.4, -0.2) is 37.3 Å². The number of amides is 1. The van der Waals surface area contributed by atoms with E-state index in [0.29, 0.717) is 61.2 Å². The zero-order valence-corrected chi connectivity index (χ0v) is 20.0. The van der Waals surface area contributed by atoms with Gasteiger partial charge in [0.05, 0.1) is 25.3 Å². The van der Waals surface area contributed by atoms with Crippen LogP contribution >= 0.6 is 0 Å². The summed E-state index contributed by atoms with van der Waals surface area (Å²) in [5.74, 6) is 1.15. The monoisotopic (exact) mass is 452 g/mol. The number of pyridine rings is 1. The lowest BCUT2D eigenvalue weighted by Crippen LogP contribution is -2.27. The number of aryl methyl sites for hydroxylation is 2. The molecule has 3 rings (SSSR count). The molecule has 7 heteroatoms. The number of H-pyrrole nitrogens is 1. The molecule has 176 valence electrons. The molecule has 2 N–H and O–H groups in total. The van der Waals surface area contributed by atoms with Crippen LogP contribution in [0.2, 0.25) is 0 Å². The smallest absolute Gasteiger partial charge is 0.251 e. The van der Waals surface area contributed by atoms with Crippen molar-refractivity contribution in [2.45, 2.75) is 41.0 Å². The van der Waals surface area contributed by atoms with Crippen LogP contribution in [0.5, 0.6) is 17.2 Å². The molecular formula is C26H32N2O5. The van der Waals surface area contributed by atoms with E-state index in [4.69, 9.17) is 14.2 Å². The van der Waals surface area contributed by atoms with Gasteiger partial charge in [0.2, 0.25) is 5.75 Å². The number of ether oxygens (including phenoxy) is 3. The third-order valence-electron chi connectivity index (χ3n) is 5.37. The first-order valence-electron chi connectivity index (χ1n) is 11.4. The molecule has 0 atom stereocenters. The number of hydrogen-bond donors (Lipinski definition) is 2. The van der Waals surface area contributed by atoms with Crippen molar-refractivity contribution < 1.29 is 19.0 Å². The number of hydrogen-bond acceptors (Lipinski definition) is 5. The van der Waals surface area contributed by atoms with Crippen molar-refractivity contribution in [1.29, 1.82) is 0 Å². The normalized spacial score (nSPS) is 10.8. The van der Waals surface area contributed by atoms with Gasteiger partial charge in [-0.3, -0.25) is 9.59 Å². The number of benzene rings is 2. The molecule has 0 aliphatic heterocycles. The van der Waals surface area contributed by atoms with Crippen molar-refractivity contribution in [2.75, 3.05) is 26.4 Å². The van der Waals surface area contributed by atoms with Gasteiger partial charge < -0.3 is 24.5 Å². The van der Waals surface area contributed by atoms with Crippen molar-refractivity contribution in [2.24, 2.45) is 0 Å². The summed E-state index contributed by atoms with van der Waals surface area (Å²) in [6.07, 6.45) is 0.415. The maximum Gasteiger partial charge on any atom is 0.251 e. The Kier molecular flexibility index (Phi) is 7.98. The summed E-state index contributed by atoms with van der Waals surface area (Å²) < 4.78 is 17.1. The lowest BCUT2D eigenvalue weighted by atomic mass is 10.0. The summed E-state index contributed by atoms with van der Waals surface area (Å²) in [4.78, 5) is 28.4. The second kappa shape index (κ2) is 10.9. The average molecular weight is 453 g/mol. The number of aromatic nitrogens is 1. The van der Waals surface area contributed by atoms with Crippen molar-refractivity contribution in [1.82, 2.24) is 10.3 Å². The number of nitrogens with one attached hydrogen (secondary N) is 2. The Morgan fingerprint density at radius 1 is 0.909 bits per heavy atom. The summed E-state index contributed by atoms with van der Waals surface area (Å²) >= 11 is 0. The molecule has 0 unspecified atom stereocenters. The van der Waals surface area contributed by atoms with Crippen LogP contribution in [0.4, 0.5) is 0 Å². The summed E-state index contributed by atoms with van der Waals surface area (Å²) in [5, 5.41) is 3.91. The van der Waals surface area contributed by atoms with Crippen LogP contribution in [0.15, 0.2) is 35.1 Å². The molecule has 33 heavy (non-hydrogen) atoms. The molecule has 0 fully saturated rings. The molecule has 2 aromatic carbocycles. The molecule has 0 aliphatic carbocycles. The first-order valence-corrected chi connectivity index (χ1v) is 11.4. The van der Waals surface area contributed by atoms with Gasteiger partial charge in [0.15, 0.2) is 11.5 Å². The van der Waals surface area contributed by atoms with Gasteiger partial charge in [-0.05, 0) is 70.4 Å². The van der Waals surface area contributed by atoms with E-state index in [1.807, 2.05) is 52.8 Å². The highest BCUT2D eigenvalue weighted by molar-refractivity contribution is 5.95. The first-order chi connectivity index (χ1) is 15.9. The number of aromatic amines is 1. The Balaban J connectivity index is 1.79. The van der Waals surface area contributed by atoms with Crippen LogP contribution in [0, 0.1) is 13.8 Å². The highest BCUT2D eigenvalue weighted by Gasteiger charge is 2.18. The number of carbonyl (C=O) groups is 1. The number of rotatable bonds is 10. The van der Waals surface area contributed by atoms with Gasteiger partial charge in [0.1, 0.15) is 0 Å². The second-order valence-electron chi connectivity index (χ2n) is 7.72. The zero-order chi connectivity index (χ0) is 24.0. The van der Waals surface area contributed by atoms with Crippen molar-refractivity contribution in [3.05, 3.63) is 62.9 Å². The van der Waals surface area contributed by atoms with Crippen LogP contribution in [-0.2, 0) is 6.42 Å². The second-order valence-corrected chi connectivity index (χ2v) is 7.72. The van der Waals surface area contributed by atoms with Crippen molar-refractivity contribution in [3.8, 4) is 17.2 Å². The molecule has 3 aromatic rings. The van der Waals surface area contributed by atoms with E-state index in [9.17, 15) is 9.59 Å². The molecular weight excluding hydrogens is 420 g/mol. The van der Waals surface area contributed by atoms with E-state index >= 15 is 0 Å². The first kappa shape index (κ1) is 24.2. The Hall–Kier alpha value is -3.48. The standard InChI is InChI=1S/C26H32N2O5/c1-6-31-21-14-19(15-22(32-7-2)24(21)33-8-3)25(29)27-12-11-18-13-20-16(4)9-10-17(5)23(20)28-26(18)30/h9-10,13-15H,6-8,11-12H2,1-5H3,(H,27,29)(H,28,30). The van der Waals surface area contributed by atoms with E-state index in [2.05, 4.69) is 10.3 Å². The van der Waals surface area contributed by atoms with Gasteiger partial charge >= 0.3 is 0 Å². The summed E-state index contributed by atoms with van der Waals surface area (Å²) in [6.45, 7) is 11.2. The maximum atomic E-state index is 12.9. The molecule has 0 saturated heterocycles. The summed E-state index contributed by atoms with van der Waals surface area (Å²) in [6, 6.07) is 9.26. The SMILES string of the molecule is CCOc1cc(C(=O)NCCc2cc3c(C)ccc(C)c3[nH]c2=O)cc(OCC)c1OCC. The summed E-state index contributed by atoms with van der Waals surface area (Å²) in [5.41, 5.74) is 3.88. The Bertz CT molecular complexity index is 1170. The molecule has 0 radical (unpaired) electrons. The number of carbonyl (C=O) groups excluding carboxylic acids is 1. The minimum absolute atomic E-state index is 0.135. The van der Waals surface area contributed by atoms with Crippen LogP contribution < -0.4 is 25.1 Å². The van der Waals surface area contributed by atoms with Crippen LogP contribution in [0.25, 0.3) is 10.9 Å². The molecule has 1 aromatic heterocycles. The van der Waals surface area contributed by atoms with Crippen molar-refractivity contribution in [3.63, 3.8) is 0 Å². The molecule has 0 aliphatic rings. The van der Waals surface area contributed by atoms with Gasteiger partial charge in [-0.2, -0.15) is 0 Å². The molecule has 7 nitrogen and oxygen atoms in total. The Morgan fingerprint density at radius 3 is 2.12 bits per heavy atom. The molecule has 0 bridgehead atoms. The van der Waals surface area contributed by atoms with Gasteiger partial charge in [-0.15, -0.1) is 0 Å². The topological polar surface area (TPSA) is 89.7 Å². The van der Waals surface area contributed by atoms with E-state index in [1.54, 1.807) is 12.1 Å². The zero-order valence-electron chi connectivity index (χ0n) is 20.0. The molecule has 1 amide bonds. The Labute approximate surface area is 194 Å². The third kappa shape index (κ3) is 5.48.